The Balaban J connectivity index is 1.35. The number of esters is 1. The number of pyridine rings is 1. The first-order valence-corrected chi connectivity index (χ1v) is 27.5. The van der Waals surface area contributed by atoms with Crippen molar-refractivity contribution in [1.29, 1.82) is 0 Å². The molecule has 0 amide bonds. The number of aryl methyl sites for hydroxylation is 2. The van der Waals surface area contributed by atoms with E-state index < -0.39 is 123 Å². The maximum absolute atomic E-state index is 14.3. The number of ether oxygens (including phenoxy) is 6. The van der Waals surface area contributed by atoms with Crippen molar-refractivity contribution in [1.82, 2.24) is 14.4 Å². The first-order chi connectivity index (χ1) is 34.8. The molecule has 0 spiro atoms. The van der Waals surface area contributed by atoms with Gasteiger partial charge in [0.25, 0.3) is 10.1 Å². The summed E-state index contributed by atoms with van der Waals surface area (Å²) in [5, 5.41) is 70.8. The fourth-order valence-electron chi connectivity index (χ4n) is 11.2. The number of benzene rings is 1. The standard InChI is InChI=1S/C52H84N4O18S/c1-15-56-27-36(47(60)61)41(57)35-24-34(18-19-37(35)56)17-16-20-55(13)21-22-75(66,67)74-46-33(7)70-39(26-51(46,9)68-14)71-43-31(5)45(72-49-42(58)38(54(11)12)23-29(3)69-49)50(8,63)25-28(2)40(53-65)30(4)44(59)52(10,64)73-48(62)32(43)6/h18-19,24,27-33,38-39,42-46,49,58-59,63-65H,15-17,20-23,25-26H2,1-14H3,(H,60,61)/b53-40+/t28-,29-,30+,31+,32-,33+,38+,39+,42-,43+,44-,45-,46+,49+,50-,51-,52-/m1/s1. The van der Waals surface area contributed by atoms with Crippen LogP contribution in [0.5, 0.6) is 0 Å². The SMILES string of the molecule is CCn1cc(C(=O)O)c(=O)c2cc(CCCN(C)CCS(=O)(=O)O[C@H]3[C@H](C)O[C@@H](O[C@H]4[C@H](C)[C@@H](O[C@@H]5O[C@H](C)C[C@H](N(C)C)[C@H]5O)[C@](C)(O)C[C@@H](C)/C(=N\O)[C@H](C)[C@@H](O)[C@](C)(O)OC(=O)[C@@H]4C)C[C@@]3(C)OC)ccc21. The molecule has 3 aliphatic rings. The van der Waals surface area contributed by atoms with Gasteiger partial charge in [-0.3, -0.25) is 13.8 Å². The van der Waals surface area contributed by atoms with E-state index in [1.165, 1.54) is 34.1 Å². The van der Waals surface area contributed by atoms with E-state index in [2.05, 4.69) is 5.16 Å². The van der Waals surface area contributed by atoms with E-state index in [9.17, 15) is 53.5 Å². The van der Waals surface area contributed by atoms with Gasteiger partial charge in [-0.2, -0.15) is 8.42 Å². The predicted molar refractivity (Wildman–Crippen MR) is 276 cm³/mol. The second-order valence-corrected chi connectivity index (χ2v) is 23.8. The third kappa shape index (κ3) is 14.5. The summed E-state index contributed by atoms with van der Waals surface area (Å²) in [6.45, 7) is 16.9. The Morgan fingerprint density at radius 3 is 2.21 bits per heavy atom. The molecule has 5 rings (SSSR count). The fourth-order valence-corrected chi connectivity index (χ4v) is 12.5. The van der Waals surface area contributed by atoms with Crippen LogP contribution in [-0.2, 0) is 60.5 Å². The van der Waals surface area contributed by atoms with Gasteiger partial charge in [0.05, 0.1) is 58.5 Å². The molecule has 0 aliphatic carbocycles. The zero-order valence-electron chi connectivity index (χ0n) is 46.0. The van der Waals surface area contributed by atoms with Crippen molar-refractivity contribution in [3.05, 3.63) is 45.7 Å². The molecule has 3 aliphatic heterocycles. The molecule has 2 aromatic rings. The van der Waals surface area contributed by atoms with Gasteiger partial charge in [0.15, 0.2) is 12.6 Å². The van der Waals surface area contributed by atoms with Crippen LogP contribution in [0.25, 0.3) is 10.9 Å². The Hall–Kier alpha value is -3.69. The molecule has 1 aromatic heterocycles. The van der Waals surface area contributed by atoms with Crippen LogP contribution in [-0.4, -0.2) is 197 Å². The number of cyclic esters (lactones) is 1. The molecule has 0 radical (unpaired) electrons. The molecule has 0 unspecified atom stereocenters. The van der Waals surface area contributed by atoms with Crippen LogP contribution in [0.1, 0.15) is 111 Å². The number of hydrogen-bond donors (Lipinski definition) is 6. The van der Waals surface area contributed by atoms with Crippen molar-refractivity contribution in [2.45, 2.75) is 186 Å². The number of carboxylic acid groups (broad SMARTS) is 1. The second-order valence-electron chi connectivity index (χ2n) is 22.1. The number of hydrogen-bond acceptors (Lipinski definition) is 20. The number of oxime groups is 1. The van der Waals surface area contributed by atoms with Crippen molar-refractivity contribution in [2.75, 3.05) is 47.1 Å². The van der Waals surface area contributed by atoms with Crippen LogP contribution in [0.15, 0.2) is 34.3 Å². The Morgan fingerprint density at radius 2 is 1.61 bits per heavy atom. The van der Waals surface area contributed by atoms with Gasteiger partial charge in [-0.05, 0) is 113 Å². The summed E-state index contributed by atoms with van der Waals surface area (Å²) in [6.07, 6.45) is -7.94. The molecule has 3 fully saturated rings. The number of likely N-dealkylation sites (N-methyl/N-ethyl adjacent to an activating group) is 1. The molecular formula is C52H84N4O18S. The molecule has 3 saturated heterocycles. The first kappa shape index (κ1) is 62.2. The average Bonchev–Trinajstić information content (AvgIpc) is 3.32. The number of aromatic carboxylic acids is 1. The number of fused-ring (bicyclic) bond motifs is 1. The van der Waals surface area contributed by atoms with Crippen LogP contribution in [0.2, 0.25) is 0 Å². The van der Waals surface area contributed by atoms with Crippen molar-refractivity contribution in [3.8, 4) is 0 Å². The van der Waals surface area contributed by atoms with Crippen molar-refractivity contribution in [2.24, 2.45) is 28.8 Å². The van der Waals surface area contributed by atoms with Gasteiger partial charge in [0, 0.05) is 68.9 Å². The quantitative estimate of drug-likeness (QED) is 0.0574. The second kappa shape index (κ2) is 25.0. The van der Waals surface area contributed by atoms with Crippen LogP contribution < -0.4 is 5.43 Å². The van der Waals surface area contributed by atoms with Gasteiger partial charge in [-0.1, -0.05) is 32.0 Å². The third-order valence-electron chi connectivity index (χ3n) is 15.6. The minimum atomic E-state index is -4.23. The number of carbonyl (C=O) groups is 2. The Kier molecular flexibility index (Phi) is 20.7. The predicted octanol–water partition coefficient (Wildman–Crippen LogP) is 3.18. The largest absolute Gasteiger partial charge is 0.477 e. The fraction of sp³-hybridized carbons (Fsp3) is 0.769. The van der Waals surface area contributed by atoms with E-state index in [1.54, 1.807) is 51.4 Å². The van der Waals surface area contributed by atoms with Crippen molar-refractivity contribution >= 4 is 38.7 Å². The van der Waals surface area contributed by atoms with Gasteiger partial charge >= 0.3 is 11.9 Å². The number of carbonyl (C=O) groups excluding carboxylic acids is 1. The number of aliphatic hydroxyl groups excluding tert-OH is 2. The van der Waals surface area contributed by atoms with Crippen LogP contribution in [0, 0.1) is 23.7 Å². The summed E-state index contributed by atoms with van der Waals surface area (Å²) in [5.41, 5.74) is -2.63. The van der Waals surface area contributed by atoms with E-state index in [4.69, 9.17) is 32.6 Å². The molecule has 426 valence electrons. The zero-order valence-corrected chi connectivity index (χ0v) is 46.9. The van der Waals surface area contributed by atoms with Crippen molar-refractivity contribution < 1.29 is 81.4 Å². The first-order valence-electron chi connectivity index (χ1n) is 25.9. The summed E-state index contributed by atoms with van der Waals surface area (Å²) in [6, 6.07) is 5.00. The number of methoxy groups -OCH3 is 1. The van der Waals surface area contributed by atoms with Crippen LogP contribution in [0.4, 0.5) is 0 Å². The lowest BCUT2D eigenvalue weighted by atomic mass is 9.75. The number of rotatable bonds is 17. The minimum Gasteiger partial charge on any atom is -0.477 e. The van der Waals surface area contributed by atoms with E-state index in [-0.39, 0.29) is 42.5 Å². The van der Waals surface area contributed by atoms with Gasteiger partial charge in [0.1, 0.15) is 23.9 Å². The Labute approximate surface area is 440 Å². The molecular weight excluding hydrogens is 1000 g/mol. The van der Waals surface area contributed by atoms with E-state index >= 15 is 0 Å². The monoisotopic (exact) mass is 1080 g/mol. The topological polar surface area (TPSA) is 295 Å². The zero-order chi connectivity index (χ0) is 56.3. The molecule has 0 bridgehead atoms. The highest BCUT2D eigenvalue weighted by Crippen LogP contribution is 2.42. The molecule has 75 heavy (non-hydrogen) atoms. The Bertz CT molecular complexity index is 2490. The number of aliphatic hydroxyl groups is 4. The van der Waals surface area contributed by atoms with E-state index in [0.29, 0.717) is 43.3 Å². The molecule has 1 aromatic carbocycles. The maximum Gasteiger partial charge on any atom is 0.341 e. The van der Waals surface area contributed by atoms with Gasteiger partial charge < -0.3 is 73.5 Å². The summed E-state index contributed by atoms with van der Waals surface area (Å²) in [4.78, 5) is 42.7. The molecule has 6 N–H and O–H groups in total. The van der Waals surface area contributed by atoms with Crippen LogP contribution in [0.3, 0.4) is 0 Å². The normalized spacial score (nSPS) is 37.3. The molecule has 0 saturated carbocycles. The summed E-state index contributed by atoms with van der Waals surface area (Å²) < 4.78 is 72.7. The van der Waals surface area contributed by atoms with Crippen molar-refractivity contribution in [3.63, 3.8) is 0 Å². The third-order valence-corrected chi connectivity index (χ3v) is 16.8. The smallest absolute Gasteiger partial charge is 0.341 e. The lowest BCUT2D eigenvalue weighted by molar-refractivity contribution is -0.316. The maximum atomic E-state index is 14.3. The number of carboxylic acids is 1. The molecule has 4 heterocycles. The summed E-state index contributed by atoms with van der Waals surface area (Å²) >= 11 is 0. The highest BCUT2D eigenvalue weighted by molar-refractivity contribution is 7.86. The highest BCUT2D eigenvalue weighted by Gasteiger charge is 2.54. The summed E-state index contributed by atoms with van der Waals surface area (Å²) in [5.74, 6) is -9.36. The molecule has 23 heteroatoms. The van der Waals surface area contributed by atoms with Crippen LogP contribution >= 0.6 is 0 Å². The van der Waals surface area contributed by atoms with Gasteiger partial charge in [0.2, 0.25) is 11.2 Å². The molecule has 17 atom stereocenters. The highest BCUT2D eigenvalue weighted by atomic mass is 32.2. The Morgan fingerprint density at radius 1 is 0.947 bits per heavy atom. The van der Waals surface area contributed by atoms with E-state index in [1.807, 2.05) is 43.8 Å². The minimum absolute atomic E-state index is 0.00429. The van der Waals surface area contributed by atoms with Gasteiger partial charge in [-0.25, -0.2) is 4.79 Å². The lowest BCUT2D eigenvalue weighted by Gasteiger charge is -2.49. The van der Waals surface area contributed by atoms with E-state index in [0.717, 1.165) is 12.5 Å². The summed E-state index contributed by atoms with van der Waals surface area (Å²) in [7, 11) is 2.57. The molecule has 22 nitrogen and oxygen atoms in total. The number of aromatic nitrogens is 1. The average molecular weight is 1090 g/mol. The lowest BCUT2D eigenvalue weighted by Crippen LogP contribution is -2.61. The number of nitrogens with zero attached hydrogens (tertiary/aromatic N) is 4. The van der Waals surface area contributed by atoms with Gasteiger partial charge in [-0.15, -0.1) is 0 Å².